The fourth-order valence-corrected chi connectivity index (χ4v) is 5.92. The molecule has 206 valence electrons. The van der Waals surface area contributed by atoms with Crippen LogP contribution in [0.25, 0.3) is 5.76 Å². The summed E-state index contributed by atoms with van der Waals surface area (Å²) < 4.78 is 11.3. The van der Waals surface area contributed by atoms with E-state index < -0.39 is 5.92 Å². The maximum absolute atomic E-state index is 14.1. The maximum Gasteiger partial charge on any atom is 0.162 e. The minimum atomic E-state index is -0.756. The number of nitrogens with zero attached hydrogens (tertiary/aromatic N) is 1. The summed E-state index contributed by atoms with van der Waals surface area (Å²) in [7, 11) is 3.15. The zero-order valence-corrected chi connectivity index (χ0v) is 24.1. The fraction of sp³-hybridized carbons (Fsp3) is 0.273. The number of anilines is 1. The molecule has 1 aliphatic heterocycles. The average Bonchev–Trinajstić information content (AvgIpc) is 2.93. The Balaban J connectivity index is 1.90. The van der Waals surface area contributed by atoms with Gasteiger partial charge in [-0.25, -0.2) is 0 Å². The van der Waals surface area contributed by atoms with Crippen LogP contribution < -0.4 is 14.4 Å². The molecule has 1 unspecified atom stereocenters. The van der Waals surface area contributed by atoms with Crippen molar-refractivity contribution in [2.45, 2.75) is 39.5 Å². The quantitative estimate of drug-likeness (QED) is 0.312. The standard InChI is InChI=1S/C33H33ClN2O4/c1-19-11-12-21(15-24(19)34)36-25-17-33(2,3)18-26(37)29(25)28(23-16-22(39-4)13-14-27(23)40-5)30(32(36)35)31(38)20-9-7-6-8-10-20/h6-16,28,35,38H,17-18H2,1-5H3/b31-30+,35-32?. The van der Waals surface area contributed by atoms with Crippen LogP contribution in [0.3, 0.4) is 0 Å². The van der Waals surface area contributed by atoms with Crippen molar-refractivity contribution in [3.05, 3.63) is 105 Å². The van der Waals surface area contributed by atoms with Crippen molar-refractivity contribution in [3.8, 4) is 11.5 Å². The molecule has 2 N–H and O–H groups in total. The molecule has 2 aliphatic rings. The van der Waals surface area contributed by atoms with Gasteiger partial charge in [-0.15, -0.1) is 0 Å². The van der Waals surface area contributed by atoms with Crippen molar-refractivity contribution in [3.63, 3.8) is 0 Å². The lowest BCUT2D eigenvalue weighted by Crippen LogP contribution is -2.45. The molecule has 0 fully saturated rings. The molecule has 3 aromatic rings. The van der Waals surface area contributed by atoms with Crippen LogP contribution in [-0.4, -0.2) is 30.9 Å². The second kappa shape index (κ2) is 10.5. The summed E-state index contributed by atoms with van der Waals surface area (Å²) in [6, 6.07) is 20.1. The van der Waals surface area contributed by atoms with Crippen LogP contribution in [0.5, 0.6) is 11.5 Å². The number of ketones is 1. The van der Waals surface area contributed by atoms with E-state index in [0.29, 0.717) is 57.3 Å². The number of nitrogens with one attached hydrogen (secondary N) is 1. The largest absolute Gasteiger partial charge is 0.507 e. The van der Waals surface area contributed by atoms with E-state index in [2.05, 4.69) is 13.8 Å². The smallest absolute Gasteiger partial charge is 0.162 e. The van der Waals surface area contributed by atoms with Crippen LogP contribution in [0.1, 0.15) is 49.3 Å². The molecule has 0 bridgehead atoms. The predicted molar refractivity (Wildman–Crippen MR) is 160 cm³/mol. The van der Waals surface area contributed by atoms with Gasteiger partial charge < -0.3 is 14.6 Å². The van der Waals surface area contributed by atoms with Crippen LogP contribution in [0.4, 0.5) is 5.69 Å². The molecule has 0 amide bonds. The summed E-state index contributed by atoms with van der Waals surface area (Å²) in [5.41, 5.74) is 4.00. The van der Waals surface area contributed by atoms with Gasteiger partial charge in [0.05, 0.1) is 20.1 Å². The molecule has 1 aliphatic carbocycles. The van der Waals surface area contributed by atoms with Gasteiger partial charge in [0.15, 0.2) is 5.78 Å². The molecule has 40 heavy (non-hydrogen) atoms. The van der Waals surface area contributed by atoms with E-state index in [-0.39, 0.29) is 22.8 Å². The second-order valence-corrected chi connectivity index (χ2v) is 11.5. The molecule has 7 heteroatoms. The molecular formula is C33H33ClN2O4. The Bertz CT molecular complexity index is 1570. The minimum Gasteiger partial charge on any atom is -0.507 e. The van der Waals surface area contributed by atoms with Gasteiger partial charge in [0.1, 0.15) is 23.1 Å². The lowest BCUT2D eigenvalue weighted by atomic mass is 9.67. The van der Waals surface area contributed by atoms with Gasteiger partial charge in [-0.2, -0.15) is 0 Å². The zero-order valence-electron chi connectivity index (χ0n) is 23.3. The summed E-state index contributed by atoms with van der Waals surface area (Å²) >= 11 is 6.56. The Morgan fingerprint density at radius 2 is 1.75 bits per heavy atom. The highest BCUT2D eigenvalue weighted by Gasteiger charge is 2.47. The number of methoxy groups -OCH3 is 2. The van der Waals surface area contributed by atoms with Crippen LogP contribution in [0.2, 0.25) is 5.02 Å². The highest BCUT2D eigenvalue weighted by molar-refractivity contribution is 6.32. The molecule has 3 aromatic carbocycles. The van der Waals surface area contributed by atoms with Crippen molar-refractivity contribution < 1.29 is 19.4 Å². The Hall–Kier alpha value is -4.03. The number of carbonyl (C=O) groups is 1. The molecule has 0 aromatic heterocycles. The molecule has 1 heterocycles. The van der Waals surface area contributed by atoms with E-state index in [0.717, 1.165) is 11.3 Å². The van der Waals surface area contributed by atoms with Crippen molar-refractivity contribution in [1.29, 1.82) is 5.41 Å². The maximum atomic E-state index is 14.1. The van der Waals surface area contributed by atoms with Crippen molar-refractivity contribution in [2.24, 2.45) is 5.41 Å². The van der Waals surface area contributed by atoms with Gasteiger partial charge in [-0.05, 0) is 54.7 Å². The van der Waals surface area contributed by atoms with Crippen molar-refractivity contribution >= 4 is 34.7 Å². The summed E-state index contributed by atoms with van der Waals surface area (Å²) in [5, 5.41) is 22.0. The lowest BCUT2D eigenvalue weighted by molar-refractivity contribution is -0.118. The first-order valence-electron chi connectivity index (χ1n) is 13.2. The summed E-state index contributed by atoms with van der Waals surface area (Å²) in [5.74, 6) is 0.324. The third-order valence-electron chi connectivity index (χ3n) is 7.69. The normalized spacial score (nSPS) is 19.9. The zero-order chi connectivity index (χ0) is 28.8. The number of ether oxygens (including phenoxy) is 2. The van der Waals surface area contributed by atoms with Gasteiger partial charge in [0.25, 0.3) is 0 Å². The Kier molecular flexibility index (Phi) is 7.23. The fourth-order valence-electron chi connectivity index (χ4n) is 5.75. The van der Waals surface area contributed by atoms with Crippen molar-refractivity contribution in [1.82, 2.24) is 0 Å². The number of halogens is 1. The number of amidine groups is 1. The third kappa shape index (κ3) is 4.77. The highest BCUT2D eigenvalue weighted by Crippen LogP contribution is 2.53. The van der Waals surface area contributed by atoms with E-state index >= 15 is 0 Å². The molecule has 1 atom stereocenters. The predicted octanol–water partition coefficient (Wildman–Crippen LogP) is 7.86. The third-order valence-corrected chi connectivity index (χ3v) is 8.09. The van der Waals surface area contributed by atoms with Crippen LogP contribution in [0.15, 0.2) is 83.6 Å². The number of hydrogen-bond acceptors (Lipinski definition) is 5. The minimum absolute atomic E-state index is 0.0322. The SMILES string of the molecule is COc1ccc(OC)c(C2C3=C(CC(C)(C)CC3=O)N(c3ccc(C)c(Cl)c3)C(=N)/C2=C(/O)c2ccccc2)c1. The number of allylic oxidation sites excluding steroid dienone is 2. The second-order valence-electron chi connectivity index (χ2n) is 11.1. The van der Waals surface area contributed by atoms with E-state index in [1.807, 2.05) is 49.4 Å². The Morgan fingerprint density at radius 1 is 1.02 bits per heavy atom. The first-order valence-corrected chi connectivity index (χ1v) is 13.6. The molecule has 5 rings (SSSR count). The topological polar surface area (TPSA) is 82.9 Å². The Morgan fingerprint density at radius 3 is 2.40 bits per heavy atom. The number of rotatable bonds is 5. The van der Waals surface area contributed by atoms with Gasteiger partial charge in [-0.3, -0.25) is 15.1 Å². The number of hydrogen-bond donors (Lipinski definition) is 2. The molecular weight excluding hydrogens is 524 g/mol. The average molecular weight is 557 g/mol. The van der Waals surface area contributed by atoms with E-state index in [1.165, 1.54) is 0 Å². The first kappa shape index (κ1) is 27.5. The number of aliphatic hydroxyl groups excluding tert-OH is 1. The number of aliphatic hydroxyl groups is 1. The number of carbonyl (C=O) groups excluding carboxylic acids is 1. The van der Waals surface area contributed by atoms with E-state index in [9.17, 15) is 15.3 Å². The molecule has 0 radical (unpaired) electrons. The van der Waals surface area contributed by atoms with Gasteiger partial charge in [0, 0.05) is 45.1 Å². The molecule has 0 saturated heterocycles. The van der Waals surface area contributed by atoms with Gasteiger partial charge >= 0.3 is 0 Å². The number of benzene rings is 3. The monoisotopic (exact) mass is 556 g/mol. The van der Waals surface area contributed by atoms with Crippen LogP contribution >= 0.6 is 11.6 Å². The first-order chi connectivity index (χ1) is 19.1. The Labute approximate surface area is 240 Å². The molecule has 0 spiro atoms. The van der Waals surface area contributed by atoms with E-state index in [1.54, 1.807) is 43.4 Å². The molecule has 6 nitrogen and oxygen atoms in total. The summed E-state index contributed by atoms with van der Waals surface area (Å²) in [4.78, 5) is 15.9. The summed E-state index contributed by atoms with van der Waals surface area (Å²) in [6.07, 6.45) is 0.897. The summed E-state index contributed by atoms with van der Waals surface area (Å²) in [6.45, 7) is 6.04. The van der Waals surface area contributed by atoms with Crippen LogP contribution in [-0.2, 0) is 4.79 Å². The number of aryl methyl sites for hydroxylation is 1. The molecule has 0 saturated carbocycles. The van der Waals surface area contributed by atoms with Gasteiger partial charge in [0.2, 0.25) is 0 Å². The lowest BCUT2D eigenvalue weighted by Gasteiger charge is -2.45. The van der Waals surface area contributed by atoms with Crippen LogP contribution in [0, 0.1) is 17.7 Å². The van der Waals surface area contributed by atoms with Crippen molar-refractivity contribution in [2.75, 3.05) is 19.1 Å². The van der Waals surface area contributed by atoms with Gasteiger partial charge in [-0.1, -0.05) is 61.8 Å². The highest BCUT2D eigenvalue weighted by atomic mass is 35.5. The van der Waals surface area contributed by atoms with E-state index in [4.69, 9.17) is 21.1 Å². The number of Topliss-reactive ketones (excluding diaryl/α,β-unsaturated/α-hetero) is 1.